The number of rotatable bonds is 8. The van der Waals surface area contributed by atoms with Gasteiger partial charge < -0.3 is 14.7 Å². The van der Waals surface area contributed by atoms with Gasteiger partial charge in [-0.05, 0) is 29.5 Å². The van der Waals surface area contributed by atoms with Crippen molar-refractivity contribution in [3.05, 3.63) is 28.0 Å². The van der Waals surface area contributed by atoms with Gasteiger partial charge in [-0.3, -0.25) is 4.79 Å². The van der Waals surface area contributed by atoms with Crippen molar-refractivity contribution in [1.82, 2.24) is 4.90 Å². The lowest BCUT2D eigenvalue weighted by Gasteiger charge is -2.15. The molecule has 1 rings (SSSR count). The Morgan fingerprint density at radius 2 is 2.25 bits per heavy atom. The molecule has 0 radical (unpaired) electrons. The quantitative estimate of drug-likeness (QED) is 0.590. The van der Waals surface area contributed by atoms with Crippen molar-refractivity contribution in [2.45, 2.75) is 19.4 Å². The van der Waals surface area contributed by atoms with Gasteiger partial charge in [0.1, 0.15) is 0 Å². The Morgan fingerprint density at radius 1 is 1.50 bits per heavy atom. The molecule has 0 atom stereocenters. The maximum absolute atomic E-state index is 11.8. The standard InChI is InChI=1S/C14H19NO4S/c1-15(13(16)4-3-7-19-2)9-12-8-11(10-20-12)5-6-14(17)18/h5-6,8,10H,3-4,7,9H2,1-2H3,(H,17,18)/b6-5+. The van der Waals surface area contributed by atoms with Crippen LogP contribution in [0.15, 0.2) is 17.5 Å². The Hall–Kier alpha value is -1.66. The zero-order valence-electron chi connectivity index (χ0n) is 11.7. The fourth-order valence-corrected chi connectivity index (χ4v) is 2.52. The van der Waals surface area contributed by atoms with Crippen LogP contribution in [0.3, 0.4) is 0 Å². The first kappa shape index (κ1) is 16.4. The van der Waals surface area contributed by atoms with Gasteiger partial charge in [-0.2, -0.15) is 0 Å². The Morgan fingerprint density at radius 3 is 2.90 bits per heavy atom. The van der Waals surface area contributed by atoms with Crippen molar-refractivity contribution >= 4 is 29.3 Å². The molecule has 0 aromatic carbocycles. The summed E-state index contributed by atoms with van der Waals surface area (Å²) in [5.41, 5.74) is 0.840. The number of methoxy groups -OCH3 is 1. The molecule has 0 bridgehead atoms. The third-order valence-electron chi connectivity index (χ3n) is 2.65. The number of hydrogen-bond acceptors (Lipinski definition) is 4. The molecule has 1 amide bonds. The van der Waals surface area contributed by atoms with Crippen LogP contribution < -0.4 is 0 Å². The Labute approximate surface area is 122 Å². The number of carbonyl (C=O) groups is 2. The molecule has 1 heterocycles. The molecule has 1 aromatic rings. The second kappa shape index (κ2) is 8.50. The number of nitrogens with zero attached hydrogens (tertiary/aromatic N) is 1. The summed E-state index contributed by atoms with van der Waals surface area (Å²) < 4.78 is 4.92. The van der Waals surface area contributed by atoms with Gasteiger partial charge in [0.15, 0.2) is 0 Å². The Kier molecular flexibility index (Phi) is 6.97. The minimum absolute atomic E-state index is 0.0816. The van der Waals surface area contributed by atoms with E-state index in [2.05, 4.69) is 0 Å². The highest BCUT2D eigenvalue weighted by Gasteiger charge is 2.10. The van der Waals surface area contributed by atoms with Gasteiger partial charge in [0.2, 0.25) is 5.91 Å². The van der Waals surface area contributed by atoms with E-state index in [-0.39, 0.29) is 5.91 Å². The fourth-order valence-electron chi connectivity index (χ4n) is 1.62. The van der Waals surface area contributed by atoms with Crippen molar-refractivity contribution in [1.29, 1.82) is 0 Å². The number of thiophene rings is 1. The second-order valence-electron chi connectivity index (χ2n) is 4.36. The SMILES string of the molecule is COCCCC(=O)N(C)Cc1cc(/C=C/C(=O)O)cs1. The molecule has 0 unspecified atom stereocenters. The van der Waals surface area contributed by atoms with Gasteiger partial charge in [0.05, 0.1) is 6.54 Å². The molecule has 110 valence electrons. The van der Waals surface area contributed by atoms with Crippen LogP contribution in [0.5, 0.6) is 0 Å². The maximum atomic E-state index is 11.8. The van der Waals surface area contributed by atoms with Gasteiger partial charge in [-0.15, -0.1) is 11.3 Å². The number of carboxylic acid groups (broad SMARTS) is 1. The van der Waals surface area contributed by atoms with Crippen molar-refractivity contribution < 1.29 is 19.4 Å². The van der Waals surface area contributed by atoms with E-state index in [0.29, 0.717) is 19.6 Å². The summed E-state index contributed by atoms with van der Waals surface area (Å²) >= 11 is 1.51. The van der Waals surface area contributed by atoms with E-state index in [9.17, 15) is 9.59 Å². The van der Waals surface area contributed by atoms with E-state index in [4.69, 9.17) is 9.84 Å². The minimum atomic E-state index is -0.969. The number of amides is 1. The molecule has 6 heteroatoms. The molecule has 0 fully saturated rings. The van der Waals surface area contributed by atoms with Crippen molar-refractivity contribution in [2.75, 3.05) is 20.8 Å². The minimum Gasteiger partial charge on any atom is -0.478 e. The molecule has 0 saturated carbocycles. The molecule has 5 nitrogen and oxygen atoms in total. The summed E-state index contributed by atoms with van der Waals surface area (Å²) in [6, 6.07) is 1.89. The van der Waals surface area contributed by atoms with E-state index >= 15 is 0 Å². The lowest BCUT2D eigenvalue weighted by molar-refractivity contribution is -0.131. The smallest absolute Gasteiger partial charge is 0.328 e. The number of hydrogen-bond donors (Lipinski definition) is 1. The van der Waals surface area contributed by atoms with E-state index in [1.165, 1.54) is 11.3 Å². The van der Waals surface area contributed by atoms with E-state index in [1.807, 2.05) is 11.4 Å². The first-order valence-corrected chi connectivity index (χ1v) is 7.12. The number of aliphatic carboxylic acids is 1. The molecular weight excluding hydrogens is 278 g/mol. The summed E-state index contributed by atoms with van der Waals surface area (Å²) in [7, 11) is 3.38. The Balaban J connectivity index is 2.47. The van der Waals surface area contributed by atoms with Crippen LogP contribution >= 0.6 is 11.3 Å². The third kappa shape index (κ3) is 5.99. The van der Waals surface area contributed by atoms with Gasteiger partial charge in [0, 0.05) is 38.1 Å². The number of carboxylic acids is 1. The zero-order chi connectivity index (χ0) is 15.0. The molecular formula is C14H19NO4S. The highest BCUT2D eigenvalue weighted by Crippen LogP contribution is 2.18. The predicted molar refractivity (Wildman–Crippen MR) is 78.6 cm³/mol. The number of carbonyl (C=O) groups excluding carboxylic acids is 1. The highest BCUT2D eigenvalue weighted by atomic mass is 32.1. The van der Waals surface area contributed by atoms with Gasteiger partial charge in [-0.1, -0.05) is 0 Å². The van der Waals surface area contributed by atoms with Crippen LogP contribution in [0.1, 0.15) is 23.3 Å². The average Bonchev–Trinajstić information content (AvgIpc) is 2.84. The topological polar surface area (TPSA) is 66.8 Å². The molecule has 1 aromatic heterocycles. The van der Waals surface area contributed by atoms with Crippen LogP contribution in [0, 0.1) is 0 Å². The molecule has 20 heavy (non-hydrogen) atoms. The van der Waals surface area contributed by atoms with Crippen molar-refractivity contribution in [3.63, 3.8) is 0 Å². The lowest BCUT2D eigenvalue weighted by Crippen LogP contribution is -2.25. The summed E-state index contributed by atoms with van der Waals surface area (Å²) in [5, 5.41) is 10.4. The van der Waals surface area contributed by atoms with E-state index < -0.39 is 5.97 Å². The first-order valence-electron chi connectivity index (χ1n) is 6.24. The second-order valence-corrected chi connectivity index (χ2v) is 5.36. The molecule has 0 spiro atoms. The summed E-state index contributed by atoms with van der Waals surface area (Å²) in [5.74, 6) is -0.888. The van der Waals surface area contributed by atoms with E-state index in [0.717, 1.165) is 22.9 Å². The maximum Gasteiger partial charge on any atom is 0.328 e. The fraction of sp³-hybridized carbons (Fsp3) is 0.429. The first-order chi connectivity index (χ1) is 9.52. The van der Waals surface area contributed by atoms with E-state index in [1.54, 1.807) is 25.1 Å². The van der Waals surface area contributed by atoms with Gasteiger partial charge >= 0.3 is 5.97 Å². The monoisotopic (exact) mass is 297 g/mol. The lowest BCUT2D eigenvalue weighted by atomic mass is 10.2. The molecule has 0 aliphatic carbocycles. The average molecular weight is 297 g/mol. The Bertz CT molecular complexity index is 481. The summed E-state index contributed by atoms with van der Waals surface area (Å²) in [4.78, 5) is 25.0. The van der Waals surface area contributed by atoms with Gasteiger partial charge in [0.25, 0.3) is 0 Å². The van der Waals surface area contributed by atoms with Crippen LogP contribution in [-0.2, 0) is 20.9 Å². The molecule has 0 aliphatic heterocycles. The van der Waals surface area contributed by atoms with Crippen LogP contribution in [0.4, 0.5) is 0 Å². The van der Waals surface area contributed by atoms with Crippen LogP contribution in [-0.4, -0.2) is 42.6 Å². The highest BCUT2D eigenvalue weighted by molar-refractivity contribution is 7.10. The summed E-state index contributed by atoms with van der Waals surface area (Å²) in [6.45, 7) is 1.13. The van der Waals surface area contributed by atoms with Crippen LogP contribution in [0.2, 0.25) is 0 Å². The van der Waals surface area contributed by atoms with Crippen molar-refractivity contribution in [2.24, 2.45) is 0 Å². The summed E-state index contributed by atoms with van der Waals surface area (Å²) in [6.07, 6.45) is 3.84. The predicted octanol–water partition coefficient (Wildman–Crippen LogP) is 2.23. The number of ether oxygens (including phenoxy) is 1. The molecule has 0 saturated heterocycles. The zero-order valence-corrected chi connectivity index (χ0v) is 12.5. The largest absolute Gasteiger partial charge is 0.478 e. The molecule has 0 aliphatic rings. The van der Waals surface area contributed by atoms with Gasteiger partial charge in [-0.25, -0.2) is 4.79 Å². The van der Waals surface area contributed by atoms with Crippen LogP contribution in [0.25, 0.3) is 6.08 Å². The normalized spacial score (nSPS) is 10.9. The van der Waals surface area contributed by atoms with Crippen molar-refractivity contribution in [3.8, 4) is 0 Å². The molecule has 1 N–H and O–H groups in total. The third-order valence-corrected chi connectivity index (χ3v) is 3.59.